The molecule has 1 amide bonds. The van der Waals surface area contributed by atoms with Crippen molar-refractivity contribution >= 4 is 15.9 Å². The summed E-state index contributed by atoms with van der Waals surface area (Å²) >= 11 is 0. The summed E-state index contributed by atoms with van der Waals surface area (Å²) in [5, 5.41) is 7.89. The summed E-state index contributed by atoms with van der Waals surface area (Å²) < 4.78 is 28.6. The zero-order valence-corrected chi connectivity index (χ0v) is 14.9. The van der Waals surface area contributed by atoms with Crippen LogP contribution >= 0.6 is 0 Å². The van der Waals surface area contributed by atoms with E-state index in [9.17, 15) is 13.2 Å². The van der Waals surface area contributed by atoms with Crippen LogP contribution in [0.5, 0.6) is 0 Å². The van der Waals surface area contributed by atoms with Gasteiger partial charge in [0.25, 0.3) is 5.91 Å². The Morgan fingerprint density at radius 2 is 1.88 bits per heavy atom. The van der Waals surface area contributed by atoms with Crippen LogP contribution in [-0.4, -0.2) is 27.5 Å². The second kappa shape index (κ2) is 8.75. The molecule has 25 heavy (non-hydrogen) atoms. The molecule has 0 spiro atoms. The van der Waals surface area contributed by atoms with Crippen LogP contribution in [0.2, 0.25) is 0 Å². The molecule has 2 aromatic carbocycles. The molecule has 0 radical (unpaired) electrons. The van der Waals surface area contributed by atoms with Gasteiger partial charge in [-0.3, -0.25) is 4.79 Å². The first-order valence-electron chi connectivity index (χ1n) is 7.91. The largest absolute Gasteiger partial charge is 0.377 e. The summed E-state index contributed by atoms with van der Waals surface area (Å²) in [4.78, 5) is 12.1. The Balaban J connectivity index is 1.77. The van der Waals surface area contributed by atoms with Crippen molar-refractivity contribution < 1.29 is 17.9 Å². The van der Waals surface area contributed by atoms with Gasteiger partial charge in [-0.1, -0.05) is 36.4 Å². The average molecular weight is 362 g/mol. The molecule has 3 N–H and O–H groups in total. The number of carbonyl (C=O) groups is 1. The minimum absolute atomic E-state index is 0.0358. The second-order valence-electron chi connectivity index (χ2n) is 5.67. The first-order valence-corrected chi connectivity index (χ1v) is 9.46. The lowest BCUT2D eigenvalue weighted by molar-refractivity contribution is 0.0934. The summed E-state index contributed by atoms with van der Waals surface area (Å²) in [7, 11) is -3.85. The van der Waals surface area contributed by atoms with Crippen LogP contribution in [0.3, 0.4) is 0 Å². The smallest absolute Gasteiger partial charge is 0.251 e. The van der Waals surface area contributed by atoms with Gasteiger partial charge >= 0.3 is 0 Å². The Kier molecular flexibility index (Phi) is 6.69. The third-order valence-corrected chi connectivity index (χ3v) is 4.67. The van der Waals surface area contributed by atoms with E-state index in [0.717, 1.165) is 5.56 Å². The molecule has 7 heteroatoms. The molecule has 0 heterocycles. The van der Waals surface area contributed by atoms with Crippen LogP contribution in [0, 0.1) is 6.92 Å². The van der Waals surface area contributed by atoms with Crippen LogP contribution in [0.4, 0.5) is 0 Å². The van der Waals surface area contributed by atoms with E-state index < -0.39 is 10.0 Å². The highest BCUT2D eigenvalue weighted by molar-refractivity contribution is 7.89. The van der Waals surface area contributed by atoms with Gasteiger partial charge in [0, 0.05) is 18.7 Å². The SMILES string of the molecule is Cc1ccc(C(=O)NCCCOCc2ccccc2)cc1S(N)(=O)=O. The van der Waals surface area contributed by atoms with Crippen molar-refractivity contribution in [1.82, 2.24) is 5.32 Å². The van der Waals surface area contributed by atoms with Crippen LogP contribution in [0.1, 0.15) is 27.9 Å². The monoisotopic (exact) mass is 362 g/mol. The van der Waals surface area contributed by atoms with E-state index in [4.69, 9.17) is 9.88 Å². The van der Waals surface area contributed by atoms with Crippen LogP contribution in [0.25, 0.3) is 0 Å². The van der Waals surface area contributed by atoms with Crippen molar-refractivity contribution in [3.05, 3.63) is 65.2 Å². The van der Waals surface area contributed by atoms with Crippen molar-refractivity contribution in [3.8, 4) is 0 Å². The third-order valence-electron chi connectivity index (χ3n) is 3.62. The molecule has 0 aliphatic carbocycles. The van der Waals surface area contributed by atoms with Crippen molar-refractivity contribution in [2.24, 2.45) is 5.14 Å². The average Bonchev–Trinajstić information content (AvgIpc) is 2.58. The second-order valence-corrected chi connectivity index (χ2v) is 7.20. The van der Waals surface area contributed by atoms with Crippen molar-refractivity contribution in [2.75, 3.05) is 13.2 Å². The molecule has 0 saturated carbocycles. The van der Waals surface area contributed by atoms with Crippen LogP contribution < -0.4 is 10.5 Å². The molecular weight excluding hydrogens is 340 g/mol. The van der Waals surface area contributed by atoms with Crippen LogP contribution in [-0.2, 0) is 21.4 Å². The number of benzene rings is 2. The Hall–Kier alpha value is -2.22. The summed E-state index contributed by atoms with van der Waals surface area (Å²) in [6.07, 6.45) is 0.659. The summed E-state index contributed by atoms with van der Waals surface area (Å²) in [5.74, 6) is -0.340. The maximum atomic E-state index is 12.1. The van der Waals surface area contributed by atoms with E-state index >= 15 is 0 Å². The predicted molar refractivity (Wildman–Crippen MR) is 95.6 cm³/mol. The highest BCUT2D eigenvalue weighted by Gasteiger charge is 2.14. The minimum Gasteiger partial charge on any atom is -0.377 e. The number of hydrogen-bond acceptors (Lipinski definition) is 4. The topological polar surface area (TPSA) is 98.5 Å². The molecule has 134 valence electrons. The first-order chi connectivity index (χ1) is 11.9. The third kappa shape index (κ3) is 5.97. The molecule has 0 unspecified atom stereocenters. The standard InChI is InChI=1S/C18H22N2O4S/c1-14-8-9-16(12-17(14)25(19,22)23)18(21)20-10-5-11-24-13-15-6-3-2-4-7-15/h2-4,6-9,12H,5,10-11,13H2,1H3,(H,20,21)(H2,19,22,23). The van der Waals surface area contributed by atoms with Gasteiger partial charge in [0.05, 0.1) is 11.5 Å². The molecule has 6 nitrogen and oxygen atoms in total. The number of aryl methyl sites for hydroxylation is 1. The van der Waals surface area contributed by atoms with Crippen molar-refractivity contribution in [2.45, 2.75) is 24.8 Å². The highest BCUT2D eigenvalue weighted by Crippen LogP contribution is 2.15. The molecule has 0 aromatic heterocycles. The van der Waals surface area contributed by atoms with Crippen molar-refractivity contribution in [1.29, 1.82) is 0 Å². The van der Waals surface area contributed by atoms with Gasteiger partial charge in [-0.15, -0.1) is 0 Å². The molecule has 0 fully saturated rings. The summed E-state index contributed by atoms with van der Waals surface area (Å²) in [6, 6.07) is 14.3. The van der Waals surface area contributed by atoms with Gasteiger partial charge < -0.3 is 10.1 Å². The maximum absolute atomic E-state index is 12.1. The Morgan fingerprint density at radius 3 is 2.56 bits per heavy atom. The van der Waals surface area contributed by atoms with E-state index in [1.54, 1.807) is 19.1 Å². The fourth-order valence-corrected chi connectivity index (χ4v) is 3.10. The lowest BCUT2D eigenvalue weighted by Crippen LogP contribution is -2.26. The summed E-state index contributed by atoms with van der Waals surface area (Å²) in [5.41, 5.74) is 1.87. The number of sulfonamides is 1. The quantitative estimate of drug-likeness (QED) is 0.702. The number of primary sulfonamides is 1. The number of rotatable bonds is 8. The van der Waals surface area contributed by atoms with Gasteiger partial charge in [-0.2, -0.15) is 0 Å². The number of nitrogens with one attached hydrogen (secondary N) is 1. The highest BCUT2D eigenvalue weighted by atomic mass is 32.2. The Morgan fingerprint density at radius 1 is 1.16 bits per heavy atom. The van der Waals surface area contributed by atoms with Gasteiger partial charge in [0.15, 0.2) is 0 Å². The zero-order valence-electron chi connectivity index (χ0n) is 14.1. The molecule has 0 aliphatic heterocycles. The Bertz CT molecular complexity index is 820. The lowest BCUT2D eigenvalue weighted by atomic mass is 10.1. The van der Waals surface area contributed by atoms with E-state index in [2.05, 4.69) is 5.32 Å². The molecule has 0 saturated heterocycles. The number of hydrogen-bond donors (Lipinski definition) is 2. The minimum atomic E-state index is -3.85. The molecule has 0 bridgehead atoms. The number of carbonyl (C=O) groups excluding carboxylic acids is 1. The zero-order chi connectivity index (χ0) is 18.3. The molecular formula is C18H22N2O4S. The fraction of sp³-hybridized carbons (Fsp3) is 0.278. The van der Waals surface area contributed by atoms with Gasteiger partial charge in [-0.05, 0) is 36.6 Å². The van der Waals surface area contributed by atoms with Crippen molar-refractivity contribution in [3.63, 3.8) is 0 Å². The predicted octanol–water partition coefficient (Wildman–Crippen LogP) is 1.98. The van der Waals surface area contributed by atoms with E-state index in [1.165, 1.54) is 6.07 Å². The van der Waals surface area contributed by atoms with Gasteiger partial charge in [-0.25, -0.2) is 13.6 Å². The molecule has 0 atom stereocenters. The maximum Gasteiger partial charge on any atom is 0.251 e. The van der Waals surface area contributed by atoms with E-state index in [-0.39, 0.29) is 16.4 Å². The summed E-state index contributed by atoms with van der Waals surface area (Å²) in [6.45, 7) is 3.12. The molecule has 2 rings (SSSR count). The number of amides is 1. The normalized spacial score (nSPS) is 11.3. The van der Waals surface area contributed by atoms with Gasteiger partial charge in [0.1, 0.15) is 0 Å². The molecule has 2 aromatic rings. The van der Waals surface area contributed by atoms with Gasteiger partial charge in [0.2, 0.25) is 10.0 Å². The van der Waals surface area contributed by atoms with E-state index in [0.29, 0.717) is 31.7 Å². The first kappa shape index (κ1) is 19.1. The lowest BCUT2D eigenvalue weighted by Gasteiger charge is -2.09. The fourth-order valence-electron chi connectivity index (χ4n) is 2.29. The van der Waals surface area contributed by atoms with E-state index in [1.807, 2.05) is 30.3 Å². The number of ether oxygens (including phenoxy) is 1. The number of nitrogens with two attached hydrogens (primary N) is 1. The Labute approximate surface area is 148 Å². The molecule has 0 aliphatic rings. The van der Waals surface area contributed by atoms with Crippen LogP contribution in [0.15, 0.2) is 53.4 Å².